The van der Waals surface area contributed by atoms with Crippen LogP contribution >= 0.6 is 35.6 Å². The maximum Gasteiger partial charge on any atom is 0.218 e. The van der Waals surface area contributed by atoms with Gasteiger partial charge in [-0.05, 0) is 61.3 Å². The molecule has 0 atom stereocenters. The van der Waals surface area contributed by atoms with Gasteiger partial charge in [0, 0.05) is 45.5 Å². The lowest BCUT2D eigenvalue weighted by Crippen LogP contribution is -2.26. The Hall–Kier alpha value is -3.21. The Morgan fingerprint density at radius 2 is 1.00 bits per heavy atom. The zero-order valence-electron chi connectivity index (χ0n) is 26.3. The van der Waals surface area contributed by atoms with E-state index < -0.39 is 50.5 Å². The molecule has 0 saturated heterocycles. The first-order chi connectivity index (χ1) is 19.3. The number of nitrogens with zero attached hydrogens (tertiary/aromatic N) is 4. The van der Waals surface area contributed by atoms with Crippen molar-refractivity contribution in [3.8, 4) is 0 Å². The van der Waals surface area contributed by atoms with E-state index in [1.807, 2.05) is 0 Å². The number of nitrogens with one attached hydrogen (secondary N) is 2. The minimum Gasteiger partial charge on any atom is -0.369 e. The summed E-state index contributed by atoms with van der Waals surface area (Å²) in [6.45, 7) is -2.02. The van der Waals surface area contributed by atoms with Gasteiger partial charge in [0.1, 0.15) is 0 Å². The summed E-state index contributed by atoms with van der Waals surface area (Å²) in [7, 11) is 0. The topological polar surface area (TPSA) is 178 Å². The Labute approximate surface area is 232 Å². The van der Waals surface area contributed by atoms with E-state index >= 15 is 0 Å². The highest BCUT2D eigenvalue weighted by Gasteiger charge is 1.99. The molecule has 0 aliphatic rings. The molecule has 0 radical (unpaired) electrons. The van der Waals surface area contributed by atoms with Crippen LogP contribution in [0.2, 0.25) is 10.0 Å². The molecule has 35 heavy (non-hydrogen) atoms. The fraction of sp³-hybridized carbons (Fsp3) is 0.273. The van der Waals surface area contributed by atoms with Crippen molar-refractivity contribution in [2.75, 3.05) is 23.7 Å². The molecule has 0 spiro atoms. The smallest absolute Gasteiger partial charge is 0.218 e. The van der Waals surface area contributed by atoms with E-state index in [9.17, 15) is 0 Å². The maximum absolute atomic E-state index is 8.21. The van der Waals surface area contributed by atoms with Gasteiger partial charge in [0.25, 0.3) is 0 Å². The predicted molar refractivity (Wildman–Crippen MR) is 152 cm³/mol. The minimum atomic E-state index is -3.45. The van der Waals surface area contributed by atoms with Gasteiger partial charge >= 0.3 is 0 Å². The summed E-state index contributed by atoms with van der Waals surface area (Å²) in [5, 5.41) is 6.39. The number of nitrogens with two attached hydrogens (primary N) is 4. The van der Waals surface area contributed by atoms with E-state index in [0.29, 0.717) is 21.4 Å². The lowest BCUT2D eigenvalue weighted by molar-refractivity contribution is 0.653. The van der Waals surface area contributed by atoms with Crippen molar-refractivity contribution in [1.29, 1.82) is 0 Å². The molecule has 0 aliphatic carbocycles. The summed E-state index contributed by atoms with van der Waals surface area (Å²) in [6.07, 6.45) is -13.0. The van der Waals surface area contributed by atoms with Crippen LogP contribution in [0.4, 0.5) is 11.4 Å². The van der Waals surface area contributed by atoms with Crippen molar-refractivity contribution < 1.29 is 11.0 Å². The summed E-state index contributed by atoms with van der Waals surface area (Å²) in [4.78, 5) is 14.8. The zero-order chi connectivity index (χ0) is 31.9. The second-order valence-corrected chi connectivity index (χ2v) is 7.08. The van der Waals surface area contributed by atoms with Crippen molar-refractivity contribution in [2.45, 2.75) is 25.5 Å². The molecule has 10 nitrogen and oxygen atoms in total. The SMILES string of the molecule is Cl.[2H]C([2H])(CN=C(N)/N=C(\N)Nc1ccc(Cl)cc1)C([2H])([2H])C([2H])([2H])C([2H])([2H])CN=C(N)/N=C(\N)Nc1ccc(Cl)cc1. The summed E-state index contributed by atoms with van der Waals surface area (Å²) in [5.41, 5.74) is 23.9. The highest BCUT2D eigenvalue weighted by Crippen LogP contribution is 2.13. The zero-order valence-corrected chi connectivity index (χ0v) is 20.6. The number of guanidine groups is 4. The van der Waals surface area contributed by atoms with Crippen LogP contribution in [0.3, 0.4) is 0 Å². The summed E-state index contributed by atoms with van der Waals surface area (Å²) >= 11 is 11.6. The van der Waals surface area contributed by atoms with E-state index in [1.54, 1.807) is 48.5 Å². The van der Waals surface area contributed by atoms with Crippen molar-refractivity contribution in [1.82, 2.24) is 0 Å². The molecule has 0 saturated carbocycles. The van der Waals surface area contributed by atoms with Gasteiger partial charge in [-0.15, -0.1) is 12.4 Å². The van der Waals surface area contributed by atoms with Crippen LogP contribution < -0.4 is 33.6 Å². The van der Waals surface area contributed by atoms with Gasteiger partial charge in [-0.1, -0.05) is 35.9 Å². The first-order valence-corrected chi connectivity index (χ1v) is 10.4. The number of hydrogen-bond acceptors (Lipinski definition) is 2. The highest BCUT2D eigenvalue weighted by atomic mass is 35.5. The molecular formula is C22H31Cl3N10. The highest BCUT2D eigenvalue weighted by molar-refractivity contribution is 6.31. The predicted octanol–water partition coefficient (Wildman–Crippen LogP) is 3.76. The average molecular weight is 550 g/mol. The second kappa shape index (κ2) is 16.4. The fourth-order valence-corrected chi connectivity index (χ4v) is 2.40. The molecule has 190 valence electrons. The van der Waals surface area contributed by atoms with Crippen molar-refractivity contribution in [2.24, 2.45) is 42.9 Å². The van der Waals surface area contributed by atoms with Crippen LogP contribution in [0, 0.1) is 0 Å². The number of benzene rings is 2. The molecule has 0 amide bonds. The third-order valence-corrected chi connectivity index (χ3v) is 4.09. The summed E-state index contributed by atoms with van der Waals surface area (Å²) < 4.78 is 65.5. The Morgan fingerprint density at radius 3 is 1.34 bits per heavy atom. The van der Waals surface area contributed by atoms with Crippen molar-refractivity contribution in [3.05, 3.63) is 58.6 Å². The lowest BCUT2D eigenvalue weighted by Gasteiger charge is -2.05. The molecule has 0 bridgehead atoms. The summed E-state index contributed by atoms with van der Waals surface area (Å²) in [5.74, 6) is -1.48. The molecule has 0 aliphatic heterocycles. The Kier molecular flexibility index (Phi) is 8.93. The van der Waals surface area contributed by atoms with Crippen LogP contribution in [-0.4, -0.2) is 36.9 Å². The number of aliphatic imine (C=N–C) groups is 4. The lowest BCUT2D eigenvalue weighted by atomic mass is 10.2. The minimum absolute atomic E-state index is 0. The quantitative estimate of drug-likeness (QED) is 0.205. The van der Waals surface area contributed by atoms with Crippen LogP contribution in [-0.2, 0) is 0 Å². The van der Waals surface area contributed by atoms with E-state index in [1.165, 1.54) is 0 Å². The summed E-state index contributed by atoms with van der Waals surface area (Å²) in [6, 6.07) is 12.8. The van der Waals surface area contributed by atoms with Crippen LogP contribution in [0.25, 0.3) is 0 Å². The van der Waals surface area contributed by atoms with Crippen molar-refractivity contribution >= 4 is 70.8 Å². The van der Waals surface area contributed by atoms with E-state index in [0.717, 1.165) is 0 Å². The Balaban J connectivity index is 0.00000924. The van der Waals surface area contributed by atoms with Gasteiger partial charge in [0.05, 0.1) is 0 Å². The number of anilines is 2. The van der Waals surface area contributed by atoms with E-state index in [-0.39, 0.29) is 24.3 Å². The fourth-order valence-electron chi connectivity index (χ4n) is 2.14. The van der Waals surface area contributed by atoms with Crippen molar-refractivity contribution in [3.63, 3.8) is 0 Å². The van der Waals surface area contributed by atoms with Crippen LogP contribution in [0.5, 0.6) is 0 Å². The van der Waals surface area contributed by atoms with Gasteiger partial charge in [0.2, 0.25) is 23.8 Å². The molecule has 0 unspecified atom stereocenters. The second-order valence-electron chi connectivity index (χ2n) is 6.21. The number of halogens is 3. The van der Waals surface area contributed by atoms with Crippen LogP contribution in [0.15, 0.2) is 68.5 Å². The van der Waals surface area contributed by atoms with Gasteiger partial charge in [0.15, 0.2) is 0 Å². The number of hydrogen-bond donors (Lipinski definition) is 6. The van der Waals surface area contributed by atoms with Gasteiger partial charge in [-0.25, -0.2) is 0 Å². The first-order valence-electron chi connectivity index (χ1n) is 13.6. The Morgan fingerprint density at radius 1 is 0.657 bits per heavy atom. The molecule has 10 N–H and O–H groups in total. The van der Waals surface area contributed by atoms with Crippen LogP contribution in [0.1, 0.15) is 36.5 Å². The largest absolute Gasteiger partial charge is 0.369 e. The average Bonchev–Trinajstić information content (AvgIpc) is 2.88. The van der Waals surface area contributed by atoms with E-state index in [4.69, 9.17) is 57.1 Å². The molecule has 2 aromatic carbocycles. The molecule has 13 heteroatoms. The molecule has 2 rings (SSSR count). The molecule has 0 fully saturated rings. The maximum atomic E-state index is 8.21. The first kappa shape index (κ1) is 19.0. The third-order valence-electron chi connectivity index (χ3n) is 3.58. The van der Waals surface area contributed by atoms with Gasteiger partial charge < -0.3 is 33.6 Å². The van der Waals surface area contributed by atoms with Gasteiger partial charge in [-0.2, -0.15) is 9.98 Å². The standard InChI is InChI=1S/C22H30Cl2N10.ClH/c23-15-5-9-17(10-6-15)31-21(27)33-19(25)29-13-3-1-2-4-14-30-20(26)34-22(28)32-18-11-7-16(24)8-12-18;/h5-12H,1-4,13-14H2,(H5,25,27,29,31,33)(H5,26,28,30,32,34);1H/i1D2,2D2,3D2,4D2;. The monoisotopic (exact) mass is 548 g/mol. The molecule has 0 aromatic heterocycles. The number of rotatable bonds is 9. The molecule has 0 heterocycles. The molecule has 2 aromatic rings. The normalized spacial score (nSPS) is 17.8. The Bertz CT molecular complexity index is 1250. The van der Waals surface area contributed by atoms with E-state index in [2.05, 4.69) is 30.6 Å². The molecular weight excluding hydrogens is 511 g/mol. The van der Waals surface area contributed by atoms with Gasteiger partial charge in [-0.3, -0.25) is 9.98 Å². The third kappa shape index (κ3) is 13.3.